The molecule has 0 atom stereocenters. The van der Waals surface area contributed by atoms with Crippen LogP contribution in [0.3, 0.4) is 0 Å². The molecule has 0 aliphatic rings. The lowest BCUT2D eigenvalue weighted by molar-refractivity contribution is 0.882. The van der Waals surface area contributed by atoms with E-state index in [9.17, 15) is 0 Å². The van der Waals surface area contributed by atoms with Crippen molar-refractivity contribution in [1.82, 2.24) is 4.98 Å². The van der Waals surface area contributed by atoms with Crippen LogP contribution in [0.1, 0.15) is 31.3 Å². The SMILES string of the molecule is [2H]C([2H])([2H])C([2H])([2H])Cc1cc(C(N)=S)ccn1. The molecule has 0 saturated carbocycles. The van der Waals surface area contributed by atoms with E-state index < -0.39 is 13.2 Å². The lowest BCUT2D eigenvalue weighted by Crippen LogP contribution is -2.09. The minimum Gasteiger partial charge on any atom is -0.389 e. The molecule has 2 nitrogen and oxygen atoms in total. The second kappa shape index (κ2) is 4.16. The molecule has 1 heterocycles. The standard InChI is InChI=1S/C9H12N2S/c1-2-3-8-6-7(9(10)12)4-5-11-8/h4-6H,2-3H2,1H3,(H2,10,12)/i1D3,2D2. The summed E-state index contributed by atoms with van der Waals surface area (Å²) in [6.07, 6.45) is -1.20. The van der Waals surface area contributed by atoms with Crippen molar-refractivity contribution in [3.63, 3.8) is 0 Å². The molecular formula is C9H12N2S. The first kappa shape index (κ1) is 4.33. The molecule has 0 bridgehead atoms. The molecule has 64 valence electrons. The fourth-order valence-electron chi connectivity index (χ4n) is 0.819. The van der Waals surface area contributed by atoms with Gasteiger partial charge in [-0.3, -0.25) is 4.98 Å². The molecular weight excluding hydrogens is 168 g/mol. The van der Waals surface area contributed by atoms with Crippen LogP contribution in [0.5, 0.6) is 0 Å². The number of hydrogen-bond donors (Lipinski definition) is 1. The Hall–Kier alpha value is -0.960. The van der Waals surface area contributed by atoms with Crippen LogP contribution in [0, 0.1) is 0 Å². The first-order valence-corrected chi connectivity index (χ1v) is 3.79. The van der Waals surface area contributed by atoms with Crippen LogP contribution >= 0.6 is 12.2 Å². The van der Waals surface area contributed by atoms with Crippen LogP contribution in [0.15, 0.2) is 18.3 Å². The summed E-state index contributed by atoms with van der Waals surface area (Å²) in [5.74, 6) is 0. The maximum absolute atomic E-state index is 7.49. The summed E-state index contributed by atoms with van der Waals surface area (Å²) in [7, 11) is 0. The number of hydrogen-bond acceptors (Lipinski definition) is 2. The lowest BCUT2D eigenvalue weighted by atomic mass is 10.2. The summed E-state index contributed by atoms with van der Waals surface area (Å²) in [5, 5.41) is 0. The maximum Gasteiger partial charge on any atom is 0.104 e. The average Bonchev–Trinajstić information content (AvgIpc) is 2.15. The van der Waals surface area contributed by atoms with E-state index in [4.69, 9.17) is 24.8 Å². The van der Waals surface area contributed by atoms with Gasteiger partial charge in [0.15, 0.2) is 0 Å². The van der Waals surface area contributed by atoms with Crippen LogP contribution in [0.2, 0.25) is 0 Å². The predicted molar refractivity (Wildman–Crippen MR) is 54.1 cm³/mol. The van der Waals surface area contributed by atoms with Gasteiger partial charge in [-0.05, 0) is 18.6 Å². The number of nitrogens with zero attached hydrogens (tertiary/aromatic N) is 1. The smallest absolute Gasteiger partial charge is 0.104 e. The van der Waals surface area contributed by atoms with Gasteiger partial charge >= 0.3 is 0 Å². The maximum atomic E-state index is 7.49. The van der Waals surface area contributed by atoms with Gasteiger partial charge in [0.05, 0.1) is 0 Å². The van der Waals surface area contributed by atoms with Crippen molar-refractivity contribution in [3.05, 3.63) is 29.6 Å². The second-order valence-electron chi connectivity index (χ2n) is 2.25. The zero-order valence-corrected chi connectivity index (χ0v) is 7.19. The van der Waals surface area contributed by atoms with Crippen molar-refractivity contribution in [3.8, 4) is 0 Å². The highest BCUT2D eigenvalue weighted by atomic mass is 32.1. The molecule has 0 fully saturated rings. The van der Waals surface area contributed by atoms with E-state index >= 15 is 0 Å². The van der Waals surface area contributed by atoms with Gasteiger partial charge in [-0.25, -0.2) is 0 Å². The lowest BCUT2D eigenvalue weighted by Gasteiger charge is -2.00. The fraction of sp³-hybridized carbons (Fsp3) is 0.333. The fourth-order valence-corrected chi connectivity index (χ4v) is 0.946. The summed E-state index contributed by atoms with van der Waals surface area (Å²) in [5.41, 5.74) is 6.29. The molecule has 0 aliphatic heterocycles. The van der Waals surface area contributed by atoms with Crippen LogP contribution in [-0.2, 0) is 6.42 Å². The molecule has 12 heavy (non-hydrogen) atoms. The molecule has 1 rings (SSSR count). The quantitative estimate of drug-likeness (QED) is 0.728. The molecule has 0 radical (unpaired) electrons. The Morgan fingerprint density at radius 2 is 2.75 bits per heavy atom. The first-order chi connectivity index (χ1) is 7.63. The van der Waals surface area contributed by atoms with Gasteiger partial charge < -0.3 is 5.73 Å². The van der Waals surface area contributed by atoms with Gasteiger partial charge in [0.2, 0.25) is 0 Å². The molecule has 0 saturated heterocycles. The van der Waals surface area contributed by atoms with Gasteiger partial charge in [-0.15, -0.1) is 0 Å². The molecule has 0 spiro atoms. The van der Waals surface area contributed by atoms with E-state index in [2.05, 4.69) is 4.98 Å². The van der Waals surface area contributed by atoms with E-state index in [-0.39, 0.29) is 11.4 Å². The number of rotatable bonds is 3. The summed E-state index contributed by atoms with van der Waals surface area (Å²) in [6, 6.07) is 3.10. The largest absolute Gasteiger partial charge is 0.389 e. The van der Waals surface area contributed by atoms with Crippen molar-refractivity contribution in [1.29, 1.82) is 0 Å². The third-order valence-corrected chi connectivity index (χ3v) is 1.61. The summed E-state index contributed by atoms with van der Waals surface area (Å²) in [4.78, 5) is 4.08. The van der Waals surface area contributed by atoms with Crippen molar-refractivity contribution in [2.75, 3.05) is 0 Å². The molecule has 0 unspecified atom stereocenters. The Bertz CT molecular complexity index is 430. The Balaban J connectivity index is 2.96. The molecule has 0 aliphatic carbocycles. The monoisotopic (exact) mass is 185 g/mol. The van der Waals surface area contributed by atoms with Gasteiger partial charge in [0.25, 0.3) is 0 Å². The van der Waals surface area contributed by atoms with E-state index in [1.807, 2.05) is 0 Å². The topological polar surface area (TPSA) is 38.9 Å². The number of thiocarbonyl (C=S) groups is 1. The van der Waals surface area contributed by atoms with E-state index in [0.29, 0.717) is 11.3 Å². The van der Waals surface area contributed by atoms with Gasteiger partial charge in [-0.1, -0.05) is 25.4 Å². The zero-order valence-electron chi connectivity index (χ0n) is 11.4. The third-order valence-electron chi connectivity index (χ3n) is 1.37. The molecule has 0 amide bonds. The Labute approximate surface area is 84.8 Å². The highest BCUT2D eigenvalue weighted by molar-refractivity contribution is 7.80. The molecule has 3 heteroatoms. The van der Waals surface area contributed by atoms with Gasteiger partial charge in [0, 0.05) is 24.3 Å². The summed E-state index contributed by atoms with van der Waals surface area (Å²) >= 11 is 4.78. The van der Waals surface area contributed by atoms with Gasteiger partial charge in [0.1, 0.15) is 4.99 Å². The van der Waals surface area contributed by atoms with Crippen molar-refractivity contribution >= 4 is 17.2 Å². The number of pyridine rings is 1. The molecule has 1 aromatic rings. The minimum atomic E-state index is -2.69. The molecule has 2 N–H and O–H groups in total. The Morgan fingerprint density at radius 1 is 1.92 bits per heavy atom. The number of aromatic nitrogens is 1. The third kappa shape index (κ3) is 2.27. The minimum absolute atomic E-state index is 0.170. The van der Waals surface area contributed by atoms with Crippen molar-refractivity contribution in [2.45, 2.75) is 19.6 Å². The van der Waals surface area contributed by atoms with Crippen LogP contribution in [0.4, 0.5) is 0 Å². The predicted octanol–water partition coefficient (Wildman–Crippen LogP) is 1.67. The van der Waals surface area contributed by atoms with E-state index in [1.54, 1.807) is 6.07 Å². The zero-order chi connectivity index (χ0) is 13.3. The summed E-state index contributed by atoms with van der Waals surface area (Å²) < 4.78 is 36.3. The Kier molecular flexibility index (Phi) is 1.50. The van der Waals surface area contributed by atoms with Gasteiger partial charge in [-0.2, -0.15) is 0 Å². The molecule has 1 aromatic heterocycles. The number of aryl methyl sites for hydroxylation is 1. The van der Waals surface area contributed by atoms with Crippen LogP contribution < -0.4 is 5.73 Å². The van der Waals surface area contributed by atoms with Crippen LogP contribution in [-0.4, -0.2) is 9.97 Å². The first-order valence-electron chi connectivity index (χ1n) is 5.88. The normalized spacial score (nSPS) is 18.2. The Morgan fingerprint density at radius 3 is 3.42 bits per heavy atom. The average molecular weight is 185 g/mol. The summed E-state index contributed by atoms with van der Waals surface area (Å²) in [6.45, 7) is -2.69. The number of nitrogens with two attached hydrogens (primary N) is 1. The van der Waals surface area contributed by atoms with Crippen molar-refractivity contribution < 1.29 is 6.85 Å². The highest BCUT2D eigenvalue weighted by Crippen LogP contribution is 2.03. The second-order valence-corrected chi connectivity index (χ2v) is 2.69. The van der Waals surface area contributed by atoms with Crippen LogP contribution in [0.25, 0.3) is 0 Å². The van der Waals surface area contributed by atoms with E-state index in [0.717, 1.165) is 0 Å². The van der Waals surface area contributed by atoms with Crippen molar-refractivity contribution in [2.24, 2.45) is 5.73 Å². The van der Waals surface area contributed by atoms with E-state index in [1.165, 1.54) is 12.3 Å². The highest BCUT2D eigenvalue weighted by Gasteiger charge is 1.97. The molecule has 0 aromatic carbocycles.